The highest BCUT2D eigenvalue weighted by atomic mass is 16.6. The second kappa shape index (κ2) is 5.62. The van der Waals surface area contributed by atoms with E-state index >= 15 is 0 Å². The molecule has 0 aliphatic carbocycles. The first-order chi connectivity index (χ1) is 8.72. The first-order valence-corrected chi connectivity index (χ1v) is 5.89. The van der Waals surface area contributed by atoms with Gasteiger partial charge in [-0.3, -0.25) is 4.79 Å². The number of hydrogen-bond donors (Lipinski definition) is 1. The molecule has 18 heavy (non-hydrogen) atoms. The van der Waals surface area contributed by atoms with Gasteiger partial charge in [0.15, 0.2) is 11.5 Å². The fourth-order valence-electron chi connectivity index (χ4n) is 2.00. The van der Waals surface area contributed by atoms with Gasteiger partial charge in [-0.15, -0.1) is 0 Å². The molecular weight excluding hydrogens is 236 g/mol. The average molecular weight is 252 g/mol. The maximum Gasteiger partial charge on any atom is 0.303 e. The van der Waals surface area contributed by atoms with Gasteiger partial charge in [0.2, 0.25) is 0 Å². The molecule has 0 saturated heterocycles. The van der Waals surface area contributed by atoms with Gasteiger partial charge in [-0.05, 0) is 25.0 Å². The molecule has 0 radical (unpaired) electrons. The lowest BCUT2D eigenvalue weighted by Crippen LogP contribution is -2.17. The van der Waals surface area contributed by atoms with Gasteiger partial charge in [0.05, 0.1) is 7.11 Å². The summed E-state index contributed by atoms with van der Waals surface area (Å²) in [6.07, 6.45) is 1.28. The molecule has 0 bridgehead atoms. The van der Waals surface area contributed by atoms with E-state index in [4.69, 9.17) is 19.3 Å². The van der Waals surface area contributed by atoms with E-state index in [1.165, 1.54) is 0 Å². The van der Waals surface area contributed by atoms with Crippen molar-refractivity contribution in [2.24, 2.45) is 0 Å². The van der Waals surface area contributed by atoms with E-state index in [0.717, 1.165) is 5.56 Å². The smallest absolute Gasteiger partial charge is 0.303 e. The zero-order chi connectivity index (χ0) is 13.0. The van der Waals surface area contributed by atoms with Crippen LogP contribution in [0.3, 0.4) is 0 Å². The van der Waals surface area contributed by atoms with Crippen molar-refractivity contribution in [1.29, 1.82) is 0 Å². The van der Waals surface area contributed by atoms with Gasteiger partial charge in [0, 0.05) is 12.0 Å². The molecule has 1 heterocycles. The second-order valence-electron chi connectivity index (χ2n) is 4.02. The summed E-state index contributed by atoms with van der Waals surface area (Å²) in [5.74, 6) is 1.30. The van der Waals surface area contributed by atoms with E-state index < -0.39 is 5.97 Å². The maximum atomic E-state index is 10.5. The lowest BCUT2D eigenvalue weighted by molar-refractivity contribution is -0.137. The number of benzene rings is 1. The third-order valence-electron chi connectivity index (χ3n) is 2.81. The summed E-state index contributed by atoms with van der Waals surface area (Å²) in [5, 5.41) is 8.67. The standard InChI is InChI=1S/C13H16O5/c1-16-10-5-6-11-13(18-8-7-17-11)9(10)3-2-4-12(14)15/h5-6H,2-4,7-8H2,1H3,(H,14,15). The predicted octanol–water partition coefficient (Wildman–Crippen LogP) is 1.87. The lowest BCUT2D eigenvalue weighted by Gasteiger charge is -2.22. The number of ether oxygens (including phenoxy) is 3. The molecule has 1 N–H and O–H groups in total. The minimum absolute atomic E-state index is 0.133. The Hall–Kier alpha value is -1.91. The van der Waals surface area contributed by atoms with Gasteiger partial charge in [0.25, 0.3) is 0 Å². The monoisotopic (exact) mass is 252 g/mol. The lowest BCUT2D eigenvalue weighted by atomic mass is 10.0. The number of carbonyl (C=O) groups is 1. The van der Waals surface area contributed by atoms with Gasteiger partial charge < -0.3 is 19.3 Å². The summed E-state index contributed by atoms with van der Waals surface area (Å²) in [5.41, 5.74) is 0.885. The molecule has 0 unspecified atom stereocenters. The van der Waals surface area contributed by atoms with Crippen LogP contribution in [-0.2, 0) is 11.2 Å². The first kappa shape index (κ1) is 12.5. The number of carboxylic acids is 1. The Labute approximate surface area is 105 Å². The highest BCUT2D eigenvalue weighted by Crippen LogP contribution is 2.40. The van der Waals surface area contributed by atoms with E-state index in [0.29, 0.717) is 43.3 Å². The molecular formula is C13H16O5. The molecule has 0 spiro atoms. The van der Waals surface area contributed by atoms with Crippen molar-refractivity contribution in [2.45, 2.75) is 19.3 Å². The fraction of sp³-hybridized carbons (Fsp3) is 0.462. The van der Waals surface area contributed by atoms with Crippen molar-refractivity contribution in [3.63, 3.8) is 0 Å². The molecule has 1 aromatic rings. The van der Waals surface area contributed by atoms with Crippen molar-refractivity contribution in [1.82, 2.24) is 0 Å². The normalized spacial score (nSPS) is 13.2. The number of hydrogen-bond acceptors (Lipinski definition) is 4. The Morgan fingerprint density at radius 1 is 1.39 bits per heavy atom. The van der Waals surface area contributed by atoms with Crippen molar-refractivity contribution in [3.8, 4) is 17.2 Å². The molecule has 98 valence electrons. The largest absolute Gasteiger partial charge is 0.496 e. The summed E-state index contributed by atoms with van der Waals surface area (Å²) in [4.78, 5) is 10.5. The van der Waals surface area contributed by atoms with Crippen LogP contribution in [0.1, 0.15) is 18.4 Å². The third kappa shape index (κ3) is 2.67. The van der Waals surface area contributed by atoms with Gasteiger partial charge >= 0.3 is 5.97 Å². The SMILES string of the molecule is COc1ccc2c(c1CCCC(=O)O)OCCO2. The molecule has 1 aliphatic heterocycles. The molecule has 0 fully saturated rings. The molecule has 0 amide bonds. The maximum absolute atomic E-state index is 10.5. The second-order valence-corrected chi connectivity index (χ2v) is 4.02. The van der Waals surface area contributed by atoms with Crippen LogP contribution in [0.5, 0.6) is 17.2 Å². The molecule has 0 atom stereocenters. The Kier molecular flexibility index (Phi) is 3.92. The summed E-state index contributed by atoms with van der Waals surface area (Å²) in [6.45, 7) is 1.04. The van der Waals surface area contributed by atoms with Crippen LogP contribution in [0.4, 0.5) is 0 Å². The van der Waals surface area contributed by atoms with Crippen LogP contribution in [-0.4, -0.2) is 31.4 Å². The molecule has 1 aliphatic rings. The Bertz CT molecular complexity index is 441. The zero-order valence-corrected chi connectivity index (χ0v) is 10.3. The summed E-state index contributed by atoms with van der Waals surface area (Å²) in [6, 6.07) is 3.64. The zero-order valence-electron chi connectivity index (χ0n) is 10.3. The van der Waals surface area contributed by atoms with Crippen molar-refractivity contribution >= 4 is 5.97 Å². The number of fused-ring (bicyclic) bond motifs is 1. The Morgan fingerprint density at radius 2 is 2.17 bits per heavy atom. The first-order valence-electron chi connectivity index (χ1n) is 5.89. The van der Waals surface area contributed by atoms with Crippen molar-refractivity contribution in [2.75, 3.05) is 20.3 Å². The number of rotatable bonds is 5. The van der Waals surface area contributed by atoms with Crippen LogP contribution >= 0.6 is 0 Å². The van der Waals surface area contributed by atoms with Gasteiger partial charge in [-0.25, -0.2) is 0 Å². The fourth-order valence-corrected chi connectivity index (χ4v) is 2.00. The van der Waals surface area contributed by atoms with E-state index in [2.05, 4.69) is 0 Å². The van der Waals surface area contributed by atoms with Crippen LogP contribution in [0.2, 0.25) is 0 Å². The summed E-state index contributed by atoms with van der Waals surface area (Å²) >= 11 is 0. The third-order valence-corrected chi connectivity index (χ3v) is 2.81. The number of carboxylic acid groups (broad SMARTS) is 1. The highest BCUT2D eigenvalue weighted by molar-refractivity contribution is 5.66. The van der Waals surface area contributed by atoms with Crippen LogP contribution in [0.15, 0.2) is 12.1 Å². The quantitative estimate of drug-likeness (QED) is 0.866. The van der Waals surface area contributed by atoms with Crippen LogP contribution in [0.25, 0.3) is 0 Å². The topological polar surface area (TPSA) is 65.0 Å². The highest BCUT2D eigenvalue weighted by Gasteiger charge is 2.19. The average Bonchev–Trinajstić information content (AvgIpc) is 2.38. The molecule has 2 rings (SSSR count). The molecule has 5 heteroatoms. The number of methoxy groups -OCH3 is 1. The molecule has 0 saturated carbocycles. The van der Waals surface area contributed by atoms with Crippen molar-refractivity contribution < 1.29 is 24.1 Å². The van der Waals surface area contributed by atoms with Crippen molar-refractivity contribution in [3.05, 3.63) is 17.7 Å². The minimum Gasteiger partial charge on any atom is -0.496 e. The summed E-state index contributed by atoms with van der Waals surface area (Å²) in [7, 11) is 1.59. The van der Waals surface area contributed by atoms with Gasteiger partial charge in [-0.2, -0.15) is 0 Å². The van der Waals surface area contributed by atoms with Gasteiger partial charge in [-0.1, -0.05) is 0 Å². The molecule has 0 aromatic heterocycles. The number of aliphatic carboxylic acids is 1. The van der Waals surface area contributed by atoms with Crippen LogP contribution < -0.4 is 14.2 Å². The summed E-state index contributed by atoms with van der Waals surface area (Å²) < 4.78 is 16.4. The van der Waals surface area contributed by atoms with E-state index in [9.17, 15) is 4.79 Å². The van der Waals surface area contributed by atoms with E-state index in [1.807, 2.05) is 12.1 Å². The van der Waals surface area contributed by atoms with Crippen LogP contribution in [0, 0.1) is 0 Å². The molecule has 5 nitrogen and oxygen atoms in total. The Balaban J connectivity index is 2.21. The van der Waals surface area contributed by atoms with E-state index in [1.54, 1.807) is 7.11 Å². The molecule has 1 aromatic carbocycles. The van der Waals surface area contributed by atoms with Gasteiger partial charge in [0.1, 0.15) is 19.0 Å². The van der Waals surface area contributed by atoms with E-state index in [-0.39, 0.29) is 6.42 Å². The predicted molar refractivity (Wildman–Crippen MR) is 64.6 cm³/mol. The minimum atomic E-state index is -0.795. The Morgan fingerprint density at radius 3 is 2.89 bits per heavy atom.